The standard InChI is InChI=1S/C13H13NO.C2H6/c15-10-11-6-4-5-9-13(11)14-12-7-2-1-3-8-12;1-2/h1-9,14-15H,10H2;1-2H3. The number of hydrogen-bond acceptors (Lipinski definition) is 2. The number of anilines is 2. The number of rotatable bonds is 3. The molecule has 0 radical (unpaired) electrons. The molecule has 0 amide bonds. The van der Waals surface area contributed by atoms with E-state index in [1.165, 1.54) is 0 Å². The van der Waals surface area contributed by atoms with Crippen molar-refractivity contribution in [1.29, 1.82) is 0 Å². The Balaban J connectivity index is 0.000000686. The van der Waals surface area contributed by atoms with Crippen LogP contribution in [0.4, 0.5) is 11.4 Å². The van der Waals surface area contributed by atoms with Crippen molar-refractivity contribution in [1.82, 2.24) is 0 Å². The van der Waals surface area contributed by atoms with Gasteiger partial charge in [0, 0.05) is 16.9 Å². The van der Waals surface area contributed by atoms with E-state index < -0.39 is 0 Å². The van der Waals surface area contributed by atoms with Crippen molar-refractivity contribution in [2.75, 3.05) is 5.32 Å². The lowest BCUT2D eigenvalue weighted by Crippen LogP contribution is -1.95. The molecular weight excluding hydrogens is 210 g/mol. The molecule has 2 aromatic carbocycles. The second kappa shape index (κ2) is 7.47. The van der Waals surface area contributed by atoms with Crippen molar-refractivity contribution in [3.05, 3.63) is 60.2 Å². The van der Waals surface area contributed by atoms with E-state index in [4.69, 9.17) is 5.11 Å². The molecule has 0 saturated heterocycles. The van der Waals surface area contributed by atoms with Gasteiger partial charge in [-0.3, -0.25) is 0 Å². The lowest BCUT2D eigenvalue weighted by atomic mass is 10.2. The second-order valence-electron chi connectivity index (χ2n) is 3.31. The predicted molar refractivity (Wildman–Crippen MR) is 73.4 cm³/mol. The van der Waals surface area contributed by atoms with Gasteiger partial charge in [-0.05, 0) is 18.2 Å². The van der Waals surface area contributed by atoms with Crippen LogP contribution in [0.25, 0.3) is 0 Å². The highest BCUT2D eigenvalue weighted by atomic mass is 16.3. The van der Waals surface area contributed by atoms with Crippen LogP contribution in [0.15, 0.2) is 54.6 Å². The number of aliphatic hydroxyl groups excluding tert-OH is 1. The summed E-state index contributed by atoms with van der Waals surface area (Å²) < 4.78 is 0. The summed E-state index contributed by atoms with van der Waals surface area (Å²) in [6.07, 6.45) is 0. The molecule has 0 aliphatic heterocycles. The minimum Gasteiger partial charge on any atom is -0.392 e. The molecule has 2 heteroatoms. The Morgan fingerprint density at radius 3 is 2.12 bits per heavy atom. The summed E-state index contributed by atoms with van der Waals surface area (Å²) in [4.78, 5) is 0. The van der Waals surface area contributed by atoms with Crippen LogP contribution in [0.3, 0.4) is 0 Å². The average molecular weight is 229 g/mol. The smallest absolute Gasteiger partial charge is 0.0702 e. The Labute approximate surface area is 103 Å². The first-order valence-corrected chi connectivity index (χ1v) is 5.91. The fraction of sp³-hybridized carbons (Fsp3) is 0.200. The van der Waals surface area contributed by atoms with Gasteiger partial charge in [-0.2, -0.15) is 0 Å². The Morgan fingerprint density at radius 1 is 0.882 bits per heavy atom. The molecule has 90 valence electrons. The number of para-hydroxylation sites is 2. The number of aliphatic hydroxyl groups is 1. The quantitative estimate of drug-likeness (QED) is 0.835. The van der Waals surface area contributed by atoms with Crippen molar-refractivity contribution in [2.45, 2.75) is 20.5 Å². The first-order chi connectivity index (χ1) is 8.40. The largest absolute Gasteiger partial charge is 0.392 e. The number of hydrogen-bond donors (Lipinski definition) is 2. The van der Waals surface area contributed by atoms with Crippen molar-refractivity contribution >= 4 is 11.4 Å². The molecule has 0 spiro atoms. The first kappa shape index (κ1) is 13.3. The summed E-state index contributed by atoms with van der Waals surface area (Å²) in [6.45, 7) is 4.05. The second-order valence-corrected chi connectivity index (χ2v) is 3.31. The average Bonchev–Trinajstić information content (AvgIpc) is 2.43. The zero-order valence-electron chi connectivity index (χ0n) is 10.4. The summed E-state index contributed by atoms with van der Waals surface area (Å²) in [7, 11) is 0. The van der Waals surface area contributed by atoms with E-state index in [-0.39, 0.29) is 6.61 Å². The molecule has 0 aliphatic carbocycles. The fourth-order valence-corrected chi connectivity index (χ4v) is 1.46. The minimum atomic E-state index is 0.0516. The SMILES string of the molecule is CC.OCc1ccccc1Nc1ccccc1. The maximum Gasteiger partial charge on any atom is 0.0702 e. The number of benzene rings is 2. The highest BCUT2D eigenvalue weighted by Gasteiger charge is 1.99. The Kier molecular flexibility index (Phi) is 5.83. The predicted octanol–water partition coefficient (Wildman–Crippen LogP) is 3.95. The van der Waals surface area contributed by atoms with Crippen molar-refractivity contribution in [3.63, 3.8) is 0 Å². The van der Waals surface area contributed by atoms with Gasteiger partial charge in [0.05, 0.1) is 6.61 Å². The van der Waals surface area contributed by atoms with Gasteiger partial charge in [-0.15, -0.1) is 0 Å². The van der Waals surface area contributed by atoms with Gasteiger partial charge < -0.3 is 10.4 Å². The van der Waals surface area contributed by atoms with E-state index in [0.29, 0.717) is 0 Å². The Bertz CT molecular complexity index is 426. The van der Waals surface area contributed by atoms with Crippen LogP contribution in [0.5, 0.6) is 0 Å². The molecule has 2 N–H and O–H groups in total. The van der Waals surface area contributed by atoms with Crippen LogP contribution < -0.4 is 5.32 Å². The Morgan fingerprint density at radius 2 is 1.47 bits per heavy atom. The molecule has 0 bridgehead atoms. The van der Waals surface area contributed by atoms with Crippen LogP contribution in [0, 0.1) is 0 Å². The van der Waals surface area contributed by atoms with Gasteiger partial charge in [0.15, 0.2) is 0 Å². The van der Waals surface area contributed by atoms with Gasteiger partial charge in [-0.25, -0.2) is 0 Å². The molecule has 17 heavy (non-hydrogen) atoms. The minimum absolute atomic E-state index is 0.0516. The van der Waals surface area contributed by atoms with Crippen molar-refractivity contribution in [2.24, 2.45) is 0 Å². The van der Waals surface area contributed by atoms with Crippen molar-refractivity contribution in [3.8, 4) is 0 Å². The van der Waals surface area contributed by atoms with E-state index >= 15 is 0 Å². The summed E-state index contributed by atoms with van der Waals surface area (Å²) in [6, 6.07) is 17.6. The molecule has 0 heterocycles. The zero-order valence-corrected chi connectivity index (χ0v) is 10.4. The normalized spacial score (nSPS) is 9.12. The van der Waals surface area contributed by atoms with Crippen LogP contribution in [-0.4, -0.2) is 5.11 Å². The third-order valence-corrected chi connectivity index (χ3v) is 2.24. The van der Waals surface area contributed by atoms with E-state index in [1.54, 1.807) is 0 Å². The molecular formula is C15H19NO. The summed E-state index contributed by atoms with van der Waals surface area (Å²) in [5, 5.41) is 12.4. The van der Waals surface area contributed by atoms with Crippen LogP contribution in [-0.2, 0) is 6.61 Å². The summed E-state index contributed by atoms with van der Waals surface area (Å²) in [5.41, 5.74) is 2.88. The third-order valence-electron chi connectivity index (χ3n) is 2.24. The maximum absolute atomic E-state index is 9.16. The molecule has 2 rings (SSSR count). The lowest BCUT2D eigenvalue weighted by molar-refractivity contribution is 0.282. The highest BCUT2D eigenvalue weighted by molar-refractivity contribution is 5.62. The zero-order chi connectivity index (χ0) is 12.5. The molecule has 0 aromatic heterocycles. The molecule has 0 unspecified atom stereocenters. The lowest BCUT2D eigenvalue weighted by Gasteiger charge is -2.09. The molecule has 0 atom stereocenters. The Hall–Kier alpha value is -1.80. The fourth-order valence-electron chi connectivity index (χ4n) is 1.46. The summed E-state index contributed by atoms with van der Waals surface area (Å²) in [5.74, 6) is 0. The highest BCUT2D eigenvalue weighted by Crippen LogP contribution is 2.20. The molecule has 0 aliphatic rings. The first-order valence-electron chi connectivity index (χ1n) is 5.91. The monoisotopic (exact) mass is 229 g/mol. The van der Waals surface area contributed by atoms with Gasteiger partial charge in [0.2, 0.25) is 0 Å². The van der Waals surface area contributed by atoms with Gasteiger partial charge >= 0.3 is 0 Å². The van der Waals surface area contributed by atoms with Crippen LogP contribution in [0.2, 0.25) is 0 Å². The number of nitrogens with one attached hydrogen (secondary N) is 1. The maximum atomic E-state index is 9.16. The molecule has 0 saturated carbocycles. The van der Waals surface area contributed by atoms with Crippen LogP contribution >= 0.6 is 0 Å². The third kappa shape index (κ3) is 3.93. The van der Waals surface area contributed by atoms with E-state index in [9.17, 15) is 0 Å². The van der Waals surface area contributed by atoms with E-state index in [2.05, 4.69) is 5.32 Å². The van der Waals surface area contributed by atoms with Crippen molar-refractivity contribution < 1.29 is 5.11 Å². The summed E-state index contributed by atoms with van der Waals surface area (Å²) >= 11 is 0. The topological polar surface area (TPSA) is 32.3 Å². The van der Waals surface area contributed by atoms with Gasteiger partial charge in [-0.1, -0.05) is 50.2 Å². The molecule has 0 fully saturated rings. The van der Waals surface area contributed by atoms with Gasteiger partial charge in [0.25, 0.3) is 0 Å². The molecule has 2 aromatic rings. The van der Waals surface area contributed by atoms with Crippen LogP contribution in [0.1, 0.15) is 19.4 Å². The van der Waals surface area contributed by atoms with Gasteiger partial charge in [0.1, 0.15) is 0 Å². The van der Waals surface area contributed by atoms with E-state index in [1.807, 2.05) is 68.4 Å². The molecule has 2 nitrogen and oxygen atoms in total. The van der Waals surface area contributed by atoms with E-state index in [0.717, 1.165) is 16.9 Å².